The summed E-state index contributed by atoms with van der Waals surface area (Å²) >= 11 is 0. The highest BCUT2D eigenvalue weighted by molar-refractivity contribution is 6.68. The zero-order valence-corrected chi connectivity index (χ0v) is 46.4. The summed E-state index contributed by atoms with van der Waals surface area (Å²) in [5.74, 6) is -2.97. The third-order valence-electron chi connectivity index (χ3n) is 10.9. The van der Waals surface area contributed by atoms with Crippen LogP contribution in [0.1, 0.15) is 112 Å². The smallest absolute Gasteiger partial charge is 0.282 e. The first kappa shape index (κ1) is 62.3. The van der Waals surface area contributed by atoms with Crippen molar-refractivity contribution in [2.24, 2.45) is 10.2 Å². The number of hydrogen-bond acceptors (Lipinski definition) is 10. The van der Waals surface area contributed by atoms with E-state index in [4.69, 9.17) is 0 Å². The Kier molecular flexibility index (Phi) is 26.0. The molecule has 0 heterocycles. The number of nitrogens with zero attached hydrogens (tertiary/aromatic N) is 8. The van der Waals surface area contributed by atoms with Gasteiger partial charge in [0.1, 0.15) is 0 Å². The average Bonchev–Trinajstić information content (AvgIpc) is 3.41. The predicted molar refractivity (Wildman–Crippen MR) is 302 cm³/mol. The fraction of sp³-hybridized carbons (Fsp3) is 0.345. The molecule has 386 valence electrons. The fourth-order valence-corrected chi connectivity index (χ4v) is 7.09. The summed E-state index contributed by atoms with van der Waals surface area (Å²) in [4.78, 5) is 86.7. The Morgan fingerprint density at radius 2 is 0.653 bits per heavy atom. The highest BCUT2D eigenvalue weighted by atomic mass is 16.2. The van der Waals surface area contributed by atoms with Gasteiger partial charge in [0.25, 0.3) is 23.6 Å². The van der Waals surface area contributed by atoms with Gasteiger partial charge in [-0.15, -0.1) is 0 Å². The Morgan fingerprint density at radius 1 is 0.361 bits per heavy atom. The normalized spacial score (nSPS) is 10.4. The molecule has 0 saturated carbocycles. The van der Waals surface area contributed by atoms with Gasteiger partial charge >= 0.3 is 0 Å². The molecule has 4 amide bonds. The highest BCUT2D eigenvalue weighted by Gasteiger charge is 2.28. The number of anilines is 6. The second-order valence-electron chi connectivity index (χ2n) is 15.6. The minimum Gasteiger partial charge on any atom is -0.311 e. The third-order valence-corrected chi connectivity index (χ3v) is 10.9. The van der Waals surface area contributed by atoms with Crippen molar-refractivity contribution in [3.05, 3.63) is 143 Å². The molecule has 0 bridgehead atoms. The van der Waals surface area contributed by atoms with Gasteiger partial charge < -0.3 is 19.6 Å². The van der Waals surface area contributed by atoms with Crippen molar-refractivity contribution >= 4 is 80.7 Å². The summed E-state index contributed by atoms with van der Waals surface area (Å²) in [5, 5.41) is 11.7. The van der Waals surface area contributed by atoms with E-state index in [-0.39, 0.29) is 23.2 Å². The van der Waals surface area contributed by atoms with E-state index in [1.165, 1.54) is 57.6 Å². The molecule has 0 fully saturated rings. The van der Waals surface area contributed by atoms with Crippen molar-refractivity contribution in [3.8, 4) is 0 Å². The Hall–Kier alpha value is -7.74. The lowest BCUT2D eigenvalue weighted by Gasteiger charge is -2.26. The average molecular weight is 983 g/mol. The molecule has 72 heavy (non-hydrogen) atoms. The van der Waals surface area contributed by atoms with Crippen molar-refractivity contribution in [2.75, 3.05) is 71.9 Å². The molecule has 0 radical (unpaired) electrons. The van der Waals surface area contributed by atoms with Crippen LogP contribution in [0.4, 0.5) is 34.1 Å². The number of ketones is 2. The molecule has 14 heteroatoms. The van der Waals surface area contributed by atoms with Gasteiger partial charge in [-0.25, -0.2) is 0 Å². The Morgan fingerprint density at radius 3 is 0.931 bits per heavy atom. The number of hydrazone groups is 2. The summed E-state index contributed by atoms with van der Waals surface area (Å²) in [6.45, 7) is 25.7. The monoisotopic (exact) mass is 983 g/mol. The van der Waals surface area contributed by atoms with Gasteiger partial charge in [0.15, 0.2) is 23.0 Å². The maximum atomic E-state index is 14.1. The van der Waals surface area contributed by atoms with Crippen LogP contribution in [-0.2, 0) is 19.2 Å². The molecule has 0 aromatic heterocycles. The second-order valence-corrected chi connectivity index (χ2v) is 15.6. The number of benzene rings is 5. The van der Waals surface area contributed by atoms with Crippen LogP contribution in [0.3, 0.4) is 0 Å². The van der Waals surface area contributed by atoms with Crippen LogP contribution >= 0.6 is 0 Å². The number of aryl methyl sites for hydroxylation is 4. The van der Waals surface area contributed by atoms with Crippen LogP contribution in [0.5, 0.6) is 0 Å². The maximum absolute atomic E-state index is 14.1. The lowest BCUT2D eigenvalue weighted by atomic mass is 10.1. The first-order valence-corrected chi connectivity index (χ1v) is 24.4. The third kappa shape index (κ3) is 15.6. The van der Waals surface area contributed by atoms with Crippen LogP contribution < -0.4 is 29.6 Å². The van der Waals surface area contributed by atoms with Crippen molar-refractivity contribution in [1.82, 2.24) is 0 Å². The molecule has 14 nitrogen and oxygen atoms in total. The molecule has 5 rings (SSSR count). The molecule has 0 unspecified atom stereocenters. The predicted octanol–water partition coefficient (Wildman–Crippen LogP) is 11.7. The molecule has 0 atom stereocenters. The van der Waals surface area contributed by atoms with Crippen molar-refractivity contribution in [2.45, 2.75) is 96.9 Å². The van der Waals surface area contributed by atoms with E-state index < -0.39 is 23.4 Å². The van der Waals surface area contributed by atoms with Gasteiger partial charge in [-0.2, -0.15) is 10.2 Å². The van der Waals surface area contributed by atoms with Gasteiger partial charge in [0.2, 0.25) is 0 Å². The van der Waals surface area contributed by atoms with Crippen molar-refractivity contribution < 1.29 is 28.8 Å². The second kappa shape index (κ2) is 30.1. The molecule has 0 aliphatic carbocycles. The Balaban J connectivity index is 0.00000308. The first-order chi connectivity index (χ1) is 34.2. The van der Waals surface area contributed by atoms with Gasteiger partial charge in [-0.05, 0) is 111 Å². The van der Waals surface area contributed by atoms with Crippen molar-refractivity contribution in [3.63, 3.8) is 0 Å². The number of rotatable bonds is 14. The highest BCUT2D eigenvalue weighted by Crippen LogP contribution is 2.31. The number of hydrogen-bond donors (Lipinski definition) is 0. The lowest BCUT2D eigenvalue weighted by Crippen LogP contribution is -2.39. The zero-order valence-electron chi connectivity index (χ0n) is 46.4. The molecule has 0 saturated heterocycles. The van der Waals surface area contributed by atoms with E-state index in [1.807, 2.05) is 130 Å². The van der Waals surface area contributed by atoms with E-state index in [1.54, 1.807) is 90.6 Å². The van der Waals surface area contributed by atoms with Gasteiger partial charge in [0, 0.05) is 90.0 Å². The van der Waals surface area contributed by atoms with Crippen LogP contribution in [0.2, 0.25) is 0 Å². The molecule has 5 aromatic rings. The van der Waals surface area contributed by atoms with Crippen LogP contribution in [0.25, 0.3) is 0 Å². The largest absolute Gasteiger partial charge is 0.311 e. The molecule has 5 aromatic carbocycles. The maximum Gasteiger partial charge on any atom is 0.282 e. The number of Topliss-reactive ketones (excluding diaryl/α,β-unsaturated/α-hetero) is 2. The van der Waals surface area contributed by atoms with E-state index in [0.717, 1.165) is 22.5 Å². The standard InChI is InChI=1S/C50H54N8O6.4C2H6/c1-31-23-25-37(47(61)53(7)39-19-15-13-16-20-39)29-43(31)57(11)51-45(35(5)59)49(63)55(9)41-27-34(4)42(28-33(41)3)56(10)50(64)46(36(6)60)52-58(12)44-30-38(26-24-32(44)2)48(62)54(8)40-21-17-14-18-22-40;4*1-2/h13-30H,1-12H3;4*1-2H3/b51-45+,52-46+;;;;. The number of carbonyl (C=O) groups is 6. The SMILES string of the molecule is CC.CC.CC.CC.CC(=O)/C(=N\N(C)c1cc(C(=O)N(C)c2ccccc2)ccc1C)C(=O)N(C)c1cc(C)c(N(C)C(=O)/C(=N/N(C)c2cc(C(=O)N(C)c3ccccc3)ccc2C)C(C)=O)cc1C. The Labute approximate surface area is 429 Å². The number of amides is 4. The molecule has 0 spiro atoms. The summed E-state index contributed by atoms with van der Waals surface area (Å²) in [7, 11) is 9.64. The van der Waals surface area contributed by atoms with E-state index in [0.29, 0.717) is 45.0 Å². The minimum absolute atomic E-state index is 0.246. The number of para-hydroxylation sites is 2. The quantitative estimate of drug-likeness (QED) is 0.0607. The van der Waals surface area contributed by atoms with Gasteiger partial charge in [-0.3, -0.25) is 38.8 Å². The van der Waals surface area contributed by atoms with Crippen LogP contribution in [-0.4, -0.2) is 88.9 Å². The summed E-state index contributed by atoms with van der Waals surface area (Å²) in [6, 6.07) is 32.2. The minimum atomic E-state index is -0.672. The summed E-state index contributed by atoms with van der Waals surface area (Å²) in [6.07, 6.45) is 0. The molecular formula is C58H78N8O6. The van der Waals surface area contributed by atoms with Gasteiger partial charge in [-0.1, -0.05) is 104 Å². The van der Waals surface area contributed by atoms with E-state index in [2.05, 4.69) is 10.2 Å². The first-order valence-electron chi connectivity index (χ1n) is 24.4. The summed E-state index contributed by atoms with van der Waals surface area (Å²) < 4.78 is 0. The van der Waals surface area contributed by atoms with Crippen LogP contribution in [0.15, 0.2) is 119 Å². The molecule has 0 aliphatic heterocycles. The van der Waals surface area contributed by atoms with E-state index >= 15 is 0 Å². The molecular weight excluding hydrogens is 905 g/mol. The molecule has 0 aliphatic rings. The molecule has 0 N–H and O–H groups in total. The zero-order chi connectivity index (χ0) is 55.2. The number of carbonyl (C=O) groups excluding carboxylic acids is 6. The Bertz CT molecular complexity index is 2510. The van der Waals surface area contributed by atoms with Gasteiger partial charge in [0.05, 0.1) is 11.4 Å². The topological polar surface area (TPSA) is 147 Å². The lowest BCUT2D eigenvalue weighted by molar-refractivity contribution is -0.117. The fourth-order valence-electron chi connectivity index (χ4n) is 7.09. The summed E-state index contributed by atoms with van der Waals surface area (Å²) in [5.41, 5.74) is 6.24. The van der Waals surface area contributed by atoms with Crippen LogP contribution in [0, 0.1) is 27.7 Å². The van der Waals surface area contributed by atoms with E-state index in [9.17, 15) is 28.8 Å². The van der Waals surface area contributed by atoms with Crippen molar-refractivity contribution in [1.29, 1.82) is 0 Å².